The molecule has 2 aromatic rings. The lowest BCUT2D eigenvalue weighted by molar-refractivity contribution is 0.775. The van der Waals surface area contributed by atoms with Crippen molar-refractivity contribution in [1.82, 2.24) is 4.98 Å². The SMILES string of the molecule is c1ccc(C2CCN(c3nc(C4CC4)cs3)C2)cc1. The fraction of sp³-hybridized carbons (Fsp3) is 0.438. The van der Waals surface area contributed by atoms with Gasteiger partial charge in [0.05, 0.1) is 5.69 Å². The monoisotopic (exact) mass is 270 g/mol. The molecule has 0 spiro atoms. The molecule has 19 heavy (non-hydrogen) atoms. The summed E-state index contributed by atoms with van der Waals surface area (Å²) in [5.41, 5.74) is 2.81. The molecule has 1 aromatic carbocycles. The van der Waals surface area contributed by atoms with Gasteiger partial charge in [-0.05, 0) is 24.8 Å². The standard InChI is InChI=1S/C16H18N2S/c1-2-4-12(5-3-1)14-8-9-18(10-14)16-17-15(11-19-16)13-6-7-13/h1-5,11,13-14H,6-10H2. The Hall–Kier alpha value is -1.35. The van der Waals surface area contributed by atoms with Gasteiger partial charge in [0.2, 0.25) is 0 Å². The van der Waals surface area contributed by atoms with E-state index in [1.807, 2.05) is 11.3 Å². The van der Waals surface area contributed by atoms with Crippen molar-refractivity contribution in [3.8, 4) is 0 Å². The highest BCUT2D eigenvalue weighted by molar-refractivity contribution is 7.13. The quantitative estimate of drug-likeness (QED) is 0.837. The van der Waals surface area contributed by atoms with Crippen LogP contribution in [0.5, 0.6) is 0 Å². The van der Waals surface area contributed by atoms with Gasteiger partial charge in [0.1, 0.15) is 0 Å². The molecule has 1 unspecified atom stereocenters. The zero-order valence-corrected chi connectivity index (χ0v) is 11.8. The van der Waals surface area contributed by atoms with Crippen LogP contribution in [0.4, 0.5) is 5.13 Å². The Bertz CT molecular complexity index is 559. The summed E-state index contributed by atoms with van der Waals surface area (Å²) in [7, 11) is 0. The van der Waals surface area contributed by atoms with Crippen molar-refractivity contribution < 1.29 is 0 Å². The number of rotatable bonds is 3. The average Bonchev–Trinajstić information content (AvgIpc) is 3.01. The maximum absolute atomic E-state index is 4.83. The normalized spacial score (nSPS) is 22.9. The number of hydrogen-bond donors (Lipinski definition) is 0. The van der Waals surface area contributed by atoms with E-state index in [2.05, 4.69) is 40.6 Å². The second-order valence-electron chi connectivity index (χ2n) is 5.67. The molecule has 1 saturated heterocycles. The second kappa shape index (κ2) is 4.64. The molecule has 0 bridgehead atoms. The highest BCUT2D eigenvalue weighted by Gasteiger charge is 2.29. The first-order valence-corrected chi connectivity index (χ1v) is 8.03. The fourth-order valence-corrected chi connectivity index (χ4v) is 3.86. The zero-order valence-electron chi connectivity index (χ0n) is 11.0. The van der Waals surface area contributed by atoms with E-state index in [4.69, 9.17) is 4.98 Å². The number of hydrogen-bond acceptors (Lipinski definition) is 3. The van der Waals surface area contributed by atoms with Crippen LogP contribution in [0.25, 0.3) is 0 Å². The molecule has 3 heteroatoms. The van der Waals surface area contributed by atoms with Gasteiger partial charge in [-0.15, -0.1) is 11.3 Å². The Morgan fingerprint density at radius 1 is 1.05 bits per heavy atom. The van der Waals surface area contributed by atoms with Gasteiger partial charge in [-0.25, -0.2) is 4.98 Å². The Morgan fingerprint density at radius 2 is 1.89 bits per heavy atom. The van der Waals surface area contributed by atoms with Crippen LogP contribution in [0.3, 0.4) is 0 Å². The maximum Gasteiger partial charge on any atom is 0.185 e. The van der Waals surface area contributed by atoms with E-state index >= 15 is 0 Å². The van der Waals surface area contributed by atoms with Crippen LogP contribution in [0.1, 0.15) is 42.4 Å². The van der Waals surface area contributed by atoms with Crippen LogP contribution < -0.4 is 4.90 Å². The van der Waals surface area contributed by atoms with E-state index in [-0.39, 0.29) is 0 Å². The van der Waals surface area contributed by atoms with Crippen molar-refractivity contribution in [3.63, 3.8) is 0 Å². The summed E-state index contributed by atoms with van der Waals surface area (Å²) in [5, 5.41) is 3.50. The highest BCUT2D eigenvalue weighted by Crippen LogP contribution is 2.42. The van der Waals surface area contributed by atoms with Gasteiger partial charge in [0, 0.05) is 30.3 Å². The molecule has 2 aliphatic rings. The van der Waals surface area contributed by atoms with E-state index in [0.29, 0.717) is 5.92 Å². The number of aromatic nitrogens is 1. The van der Waals surface area contributed by atoms with Crippen molar-refractivity contribution in [2.45, 2.75) is 31.1 Å². The third-order valence-electron chi connectivity index (χ3n) is 4.24. The molecular formula is C16H18N2S. The molecule has 0 amide bonds. The van der Waals surface area contributed by atoms with E-state index in [1.54, 1.807) is 0 Å². The summed E-state index contributed by atoms with van der Waals surface area (Å²) in [6, 6.07) is 10.9. The van der Waals surface area contributed by atoms with Gasteiger partial charge in [0.15, 0.2) is 5.13 Å². The first-order valence-electron chi connectivity index (χ1n) is 7.15. The van der Waals surface area contributed by atoms with E-state index in [0.717, 1.165) is 19.0 Å². The number of anilines is 1. The van der Waals surface area contributed by atoms with E-state index < -0.39 is 0 Å². The van der Waals surface area contributed by atoms with Gasteiger partial charge in [-0.1, -0.05) is 30.3 Å². The maximum atomic E-state index is 4.83. The van der Waals surface area contributed by atoms with Crippen LogP contribution in [0, 0.1) is 0 Å². The lowest BCUT2D eigenvalue weighted by atomic mass is 9.99. The lowest BCUT2D eigenvalue weighted by Gasteiger charge is -2.15. The molecule has 1 aliphatic carbocycles. The fourth-order valence-electron chi connectivity index (χ4n) is 2.92. The predicted octanol–water partition coefficient (Wildman–Crippen LogP) is 4.01. The molecule has 98 valence electrons. The zero-order chi connectivity index (χ0) is 12.7. The summed E-state index contributed by atoms with van der Waals surface area (Å²) in [6.45, 7) is 2.28. The average molecular weight is 270 g/mol. The first kappa shape index (κ1) is 11.5. The van der Waals surface area contributed by atoms with Gasteiger partial charge in [-0.2, -0.15) is 0 Å². The molecular weight excluding hydrogens is 252 g/mol. The summed E-state index contributed by atoms with van der Waals surface area (Å²) in [4.78, 5) is 7.29. The smallest absolute Gasteiger partial charge is 0.185 e. The van der Waals surface area contributed by atoms with Crippen LogP contribution in [-0.2, 0) is 0 Å². The van der Waals surface area contributed by atoms with Gasteiger partial charge in [-0.3, -0.25) is 0 Å². The number of nitrogens with zero attached hydrogens (tertiary/aromatic N) is 2. The first-order chi connectivity index (χ1) is 9.40. The van der Waals surface area contributed by atoms with Crippen LogP contribution in [0.2, 0.25) is 0 Å². The highest BCUT2D eigenvalue weighted by atomic mass is 32.1. The topological polar surface area (TPSA) is 16.1 Å². The summed E-state index contributed by atoms with van der Waals surface area (Å²) < 4.78 is 0. The molecule has 2 heterocycles. The van der Waals surface area contributed by atoms with Gasteiger partial charge < -0.3 is 4.90 Å². The van der Waals surface area contributed by atoms with Crippen LogP contribution >= 0.6 is 11.3 Å². The summed E-state index contributed by atoms with van der Waals surface area (Å²) in [6.07, 6.45) is 3.94. The molecule has 0 N–H and O–H groups in total. The van der Waals surface area contributed by atoms with Crippen LogP contribution in [-0.4, -0.2) is 18.1 Å². The van der Waals surface area contributed by atoms with Crippen molar-refractivity contribution in [1.29, 1.82) is 0 Å². The third-order valence-corrected chi connectivity index (χ3v) is 5.15. The Labute approximate surface area is 118 Å². The van der Waals surface area contributed by atoms with Crippen molar-refractivity contribution >= 4 is 16.5 Å². The molecule has 1 aromatic heterocycles. The van der Waals surface area contributed by atoms with E-state index in [1.165, 1.54) is 35.7 Å². The Kier molecular flexibility index (Phi) is 2.80. The van der Waals surface area contributed by atoms with Crippen molar-refractivity contribution in [2.75, 3.05) is 18.0 Å². The van der Waals surface area contributed by atoms with E-state index in [9.17, 15) is 0 Å². The minimum absolute atomic E-state index is 0.675. The minimum Gasteiger partial charge on any atom is -0.347 e. The molecule has 4 rings (SSSR count). The third kappa shape index (κ3) is 2.27. The Morgan fingerprint density at radius 3 is 2.68 bits per heavy atom. The number of thiazole rings is 1. The second-order valence-corrected chi connectivity index (χ2v) is 6.51. The Balaban J connectivity index is 1.48. The molecule has 1 aliphatic heterocycles. The lowest BCUT2D eigenvalue weighted by Crippen LogP contribution is -2.18. The molecule has 2 fully saturated rings. The predicted molar refractivity (Wildman–Crippen MR) is 80.1 cm³/mol. The molecule has 1 atom stereocenters. The van der Waals surface area contributed by atoms with Gasteiger partial charge in [0.25, 0.3) is 0 Å². The van der Waals surface area contributed by atoms with Gasteiger partial charge >= 0.3 is 0 Å². The molecule has 2 nitrogen and oxygen atoms in total. The molecule has 1 saturated carbocycles. The van der Waals surface area contributed by atoms with Crippen molar-refractivity contribution in [2.24, 2.45) is 0 Å². The summed E-state index contributed by atoms with van der Waals surface area (Å²) in [5.74, 6) is 1.45. The number of benzene rings is 1. The minimum atomic E-state index is 0.675. The summed E-state index contributed by atoms with van der Waals surface area (Å²) >= 11 is 1.83. The molecule has 0 radical (unpaired) electrons. The van der Waals surface area contributed by atoms with Crippen LogP contribution in [0.15, 0.2) is 35.7 Å². The largest absolute Gasteiger partial charge is 0.347 e. The van der Waals surface area contributed by atoms with Crippen molar-refractivity contribution in [3.05, 3.63) is 47.0 Å².